The van der Waals surface area contributed by atoms with Crippen LogP contribution in [0.25, 0.3) is 0 Å². The van der Waals surface area contributed by atoms with E-state index < -0.39 is 0 Å². The zero-order valence-electron chi connectivity index (χ0n) is 7.63. The second-order valence-corrected chi connectivity index (χ2v) is 2.68. The normalized spacial score (nSPS) is 9.38. The van der Waals surface area contributed by atoms with Gasteiger partial charge >= 0.3 is 0 Å². The van der Waals surface area contributed by atoms with E-state index in [1.807, 2.05) is 0 Å². The first-order chi connectivity index (χ1) is 6.16. The van der Waals surface area contributed by atoms with Gasteiger partial charge in [0.1, 0.15) is 0 Å². The molecule has 0 aromatic heterocycles. The van der Waals surface area contributed by atoms with E-state index >= 15 is 0 Å². The fourth-order valence-corrected chi connectivity index (χ4v) is 1.15. The summed E-state index contributed by atoms with van der Waals surface area (Å²) in [6, 6.07) is 6.36. The Kier molecular flexibility index (Phi) is 2.80. The monoisotopic (exact) mass is 177 g/mol. The molecule has 0 saturated heterocycles. The SMILES string of the molecule is CNc1c(C(C)=O)ccccc1=O. The van der Waals surface area contributed by atoms with Crippen LogP contribution >= 0.6 is 0 Å². The number of hydrogen-bond donors (Lipinski definition) is 1. The number of ketones is 1. The fourth-order valence-electron chi connectivity index (χ4n) is 1.15. The summed E-state index contributed by atoms with van der Waals surface area (Å²) in [5.74, 6) is -0.113. The first-order valence-corrected chi connectivity index (χ1v) is 3.99. The standard InChI is InChI=1S/C10H11NO2/c1-7(12)8-5-3-4-6-9(13)10(8)11-2/h3-6H,1-2H3,(H,11,13). The molecule has 13 heavy (non-hydrogen) atoms. The molecule has 3 heteroatoms. The van der Waals surface area contributed by atoms with Crippen molar-refractivity contribution in [2.45, 2.75) is 6.92 Å². The number of rotatable bonds is 2. The molecular weight excluding hydrogens is 166 g/mol. The van der Waals surface area contributed by atoms with Crippen LogP contribution in [0.2, 0.25) is 0 Å². The molecule has 1 aromatic rings. The zero-order chi connectivity index (χ0) is 9.84. The van der Waals surface area contributed by atoms with Crippen molar-refractivity contribution in [2.75, 3.05) is 12.4 Å². The summed E-state index contributed by atoms with van der Waals surface area (Å²) in [5, 5.41) is 2.73. The fraction of sp³-hybridized carbons (Fsp3) is 0.200. The first-order valence-electron chi connectivity index (χ1n) is 3.99. The summed E-state index contributed by atoms with van der Waals surface area (Å²) in [7, 11) is 1.63. The van der Waals surface area contributed by atoms with Crippen molar-refractivity contribution in [2.24, 2.45) is 0 Å². The zero-order valence-corrected chi connectivity index (χ0v) is 7.63. The highest BCUT2D eigenvalue weighted by atomic mass is 16.1. The number of Topliss-reactive ketones (excluding diaryl/α,β-unsaturated/α-hetero) is 1. The van der Waals surface area contributed by atoms with Gasteiger partial charge in [-0.1, -0.05) is 12.1 Å². The summed E-state index contributed by atoms with van der Waals surface area (Å²) in [4.78, 5) is 22.5. The Morgan fingerprint density at radius 3 is 2.46 bits per heavy atom. The number of hydrogen-bond acceptors (Lipinski definition) is 3. The van der Waals surface area contributed by atoms with Crippen LogP contribution in [0.3, 0.4) is 0 Å². The maximum absolute atomic E-state index is 11.4. The van der Waals surface area contributed by atoms with Gasteiger partial charge < -0.3 is 5.32 Å². The second-order valence-electron chi connectivity index (χ2n) is 2.68. The molecule has 68 valence electrons. The quantitative estimate of drug-likeness (QED) is 0.692. The highest BCUT2D eigenvalue weighted by molar-refractivity contribution is 5.99. The Hall–Kier alpha value is -1.64. The average Bonchev–Trinajstić information content (AvgIpc) is 2.26. The van der Waals surface area contributed by atoms with Crippen LogP contribution in [-0.2, 0) is 0 Å². The minimum absolute atomic E-state index is 0.113. The molecule has 1 aromatic carbocycles. The molecule has 3 nitrogen and oxygen atoms in total. The summed E-state index contributed by atoms with van der Waals surface area (Å²) in [6.07, 6.45) is 0. The molecular formula is C10H11NO2. The molecule has 0 aliphatic heterocycles. The van der Waals surface area contributed by atoms with Gasteiger partial charge in [0.15, 0.2) is 5.78 Å². The Labute approximate surface area is 76.4 Å². The van der Waals surface area contributed by atoms with Crippen LogP contribution in [0.5, 0.6) is 0 Å². The van der Waals surface area contributed by atoms with Crippen LogP contribution in [0, 0.1) is 0 Å². The third-order valence-electron chi connectivity index (χ3n) is 1.77. The lowest BCUT2D eigenvalue weighted by molar-refractivity contribution is 0.101. The van der Waals surface area contributed by atoms with E-state index in [0.717, 1.165) is 0 Å². The molecule has 0 atom stereocenters. The van der Waals surface area contributed by atoms with Crippen molar-refractivity contribution in [3.05, 3.63) is 40.1 Å². The van der Waals surface area contributed by atoms with E-state index in [1.165, 1.54) is 13.0 Å². The van der Waals surface area contributed by atoms with Crippen LogP contribution < -0.4 is 10.7 Å². The lowest BCUT2D eigenvalue weighted by Gasteiger charge is -1.99. The molecule has 0 aliphatic carbocycles. The molecule has 1 rings (SSSR count). The third kappa shape index (κ3) is 1.93. The second kappa shape index (κ2) is 3.85. The minimum atomic E-state index is -0.169. The van der Waals surface area contributed by atoms with Gasteiger partial charge in [-0.05, 0) is 19.1 Å². The van der Waals surface area contributed by atoms with E-state index in [4.69, 9.17) is 0 Å². The van der Waals surface area contributed by atoms with Crippen LogP contribution in [0.1, 0.15) is 17.3 Å². The lowest BCUT2D eigenvalue weighted by atomic mass is 10.1. The summed E-state index contributed by atoms with van der Waals surface area (Å²) in [5.41, 5.74) is 0.618. The molecule has 0 bridgehead atoms. The lowest BCUT2D eigenvalue weighted by Crippen LogP contribution is -2.09. The van der Waals surface area contributed by atoms with Crippen LogP contribution in [-0.4, -0.2) is 12.8 Å². The van der Waals surface area contributed by atoms with Crippen molar-refractivity contribution < 1.29 is 4.79 Å². The summed E-state index contributed by atoms with van der Waals surface area (Å²) >= 11 is 0. The molecule has 1 N–H and O–H groups in total. The van der Waals surface area contributed by atoms with Gasteiger partial charge in [0.2, 0.25) is 5.43 Å². The predicted molar refractivity (Wildman–Crippen MR) is 52.3 cm³/mol. The van der Waals surface area contributed by atoms with Crippen molar-refractivity contribution >= 4 is 11.5 Å². The Bertz CT molecular complexity index is 385. The molecule has 0 aliphatic rings. The van der Waals surface area contributed by atoms with Crippen LogP contribution in [0.4, 0.5) is 5.69 Å². The van der Waals surface area contributed by atoms with Gasteiger partial charge in [0.25, 0.3) is 0 Å². The minimum Gasteiger partial charge on any atom is -0.384 e. The van der Waals surface area contributed by atoms with E-state index in [2.05, 4.69) is 5.32 Å². The molecule has 0 fully saturated rings. The summed E-state index contributed by atoms with van der Waals surface area (Å²) < 4.78 is 0. The number of nitrogens with one attached hydrogen (secondary N) is 1. The average molecular weight is 177 g/mol. The maximum Gasteiger partial charge on any atom is 0.202 e. The summed E-state index contributed by atoms with van der Waals surface area (Å²) in [6.45, 7) is 1.44. The maximum atomic E-state index is 11.4. The third-order valence-corrected chi connectivity index (χ3v) is 1.77. The van der Waals surface area contributed by atoms with Gasteiger partial charge in [0, 0.05) is 12.6 Å². The topological polar surface area (TPSA) is 46.2 Å². The molecule has 0 spiro atoms. The van der Waals surface area contributed by atoms with Crippen molar-refractivity contribution in [1.29, 1.82) is 0 Å². The molecule has 0 heterocycles. The van der Waals surface area contributed by atoms with Gasteiger partial charge in [0.05, 0.1) is 5.69 Å². The number of carbonyl (C=O) groups excluding carboxylic acids is 1. The van der Waals surface area contributed by atoms with E-state index in [0.29, 0.717) is 11.3 Å². The molecule has 0 saturated carbocycles. The Morgan fingerprint density at radius 2 is 1.92 bits per heavy atom. The van der Waals surface area contributed by atoms with Gasteiger partial charge in [-0.25, -0.2) is 0 Å². The first kappa shape index (κ1) is 9.45. The molecule has 0 radical (unpaired) electrons. The number of anilines is 1. The molecule has 0 amide bonds. The van der Waals surface area contributed by atoms with Gasteiger partial charge in [-0.3, -0.25) is 9.59 Å². The van der Waals surface area contributed by atoms with E-state index in [1.54, 1.807) is 25.2 Å². The highest BCUT2D eigenvalue weighted by Gasteiger charge is 2.06. The smallest absolute Gasteiger partial charge is 0.202 e. The van der Waals surface area contributed by atoms with Crippen LogP contribution in [0.15, 0.2) is 29.1 Å². The van der Waals surface area contributed by atoms with Gasteiger partial charge in [-0.15, -0.1) is 0 Å². The van der Waals surface area contributed by atoms with E-state index in [9.17, 15) is 9.59 Å². The van der Waals surface area contributed by atoms with Gasteiger partial charge in [-0.2, -0.15) is 0 Å². The highest BCUT2D eigenvalue weighted by Crippen LogP contribution is 2.08. The van der Waals surface area contributed by atoms with Crippen molar-refractivity contribution in [1.82, 2.24) is 0 Å². The Morgan fingerprint density at radius 1 is 1.31 bits per heavy atom. The molecule has 0 unspecified atom stereocenters. The van der Waals surface area contributed by atoms with Crippen molar-refractivity contribution in [3.63, 3.8) is 0 Å². The van der Waals surface area contributed by atoms with E-state index in [-0.39, 0.29) is 11.2 Å². The largest absolute Gasteiger partial charge is 0.384 e. The predicted octanol–water partition coefficient (Wildman–Crippen LogP) is 1.29. The Balaban J connectivity index is 3.52. The van der Waals surface area contributed by atoms with Crippen molar-refractivity contribution in [3.8, 4) is 0 Å². The number of carbonyl (C=O) groups is 1.